The van der Waals surface area contributed by atoms with Gasteiger partial charge in [0.25, 0.3) is 5.91 Å². The quantitative estimate of drug-likeness (QED) is 0.904. The Morgan fingerprint density at radius 2 is 2.30 bits per heavy atom. The number of furan rings is 1. The van der Waals surface area contributed by atoms with Gasteiger partial charge in [-0.05, 0) is 36.3 Å². The summed E-state index contributed by atoms with van der Waals surface area (Å²) in [6, 6.07) is 5.86. The van der Waals surface area contributed by atoms with E-state index in [2.05, 4.69) is 25.2 Å². The predicted octanol–water partition coefficient (Wildman–Crippen LogP) is 4.09. The first-order chi connectivity index (χ1) is 9.44. The molecule has 0 fully saturated rings. The van der Waals surface area contributed by atoms with E-state index in [-0.39, 0.29) is 17.4 Å². The zero-order chi connectivity index (χ0) is 14.3. The van der Waals surface area contributed by atoms with Crippen LogP contribution in [0, 0.1) is 12.3 Å². The van der Waals surface area contributed by atoms with Crippen LogP contribution in [-0.2, 0) is 6.42 Å². The van der Waals surface area contributed by atoms with Crippen LogP contribution in [0.25, 0.3) is 0 Å². The molecular formula is C16H19NO2S. The number of carbonyl (C=O) groups excluding carboxylic acids is 1. The Kier molecular flexibility index (Phi) is 3.21. The maximum Gasteiger partial charge on any atom is 0.261 e. The third kappa shape index (κ3) is 2.52. The second-order valence-electron chi connectivity index (χ2n) is 6.28. The van der Waals surface area contributed by atoms with Gasteiger partial charge in [0.1, 0.15) is 11.5 Å². The molecule has 4 heteroatoms. The molecule has 1 N–H and O–H groups in total. The van der Waals surface area contributed by atoms with E-state index in [0.717, 1.165) is 34.8 Å². The number of thiophene rings is 1. The zero-order valence-corrected chi connectivity index (χ0v) is 12.8. The fourth-order valence-corrected chi connectivity index (χ4v) is 3.58. The van der Waals surface area contributed by atoms with E-state index >= 15 is 0 Å². The van der Waals surface area contributed by atoms with Crippen LogP contribution in [0.3, 0.4) is 0 Å². The van der Waals surface area contributed by atoms with E-state index in [4.69, 9.17) is 4.42 Å². The molecule has 1 aliphatic carbocycles. The van der Waals surface area contributed by atoms with Crippen LogP contribution in [0.4, 0.5) is 0 Å². The van der Waals surface area contributed by atoms with Crippen molar-refractivity contribution in [2.24, 2.45) is 5.41 Å². The summed E-state index contributed by atoms with van der Waals surface area (Å²) in [7, 11) is 0. The third-order valence-corrected chi connectivity index (χ3v) is 4.66. The summed E-state index contributed by atoms with van der Waals surface area (Å²) in [5.41, 5.74) is 1.29. The molecule has 0 saturated heterocycles. The van der Waals surface area contributed by atoms with E-state index in [0.29, 0.717) is 0 Å². The number of nitrogens with one attached hydrogen (secondary N) is 1. The number of hydrogen-bond donors (Lipinski definition) is 1. The molecule has 1 amide bonds. The van der Waals surface area contributed by atoms with E-state index in [1.54, 1.807) is 0 Å². The molecule has 0 aliphatic heterocycles. The molecule has 3 rings (SSSR count). The van der Waals surface area contributed by atoms with Gasteiger partial charge in [0.2, 0.25) is 0 Å². The van der Waals surface area contributed by atoms with Crippen LogP contribution >= 0.6 is 11.3 Å². The van der Waals surface area contributed by atoms with Gasteiger partial charge in [-0.1, -0.05) is 19.9 Å². The summed E-state index contributed by atoms with van der Waals surface area (Å²) < 4.78 is 5.80. The van der Waals surface area contributed by atoms with Crippen molar-refractivity contribution in [1.29, 1.82) is 0 Å². The van der Waals surface area contributed by atoms with Gasteiger partial charge in [-0.15, -0.1) is 11.3 Å². The zero-order valence-electron chi connectivity index (χ0n) is 12.0. The lowest BCUT2D eigenvalue weighted by molar-refractivity contribution is 0.0921. The molecule has 0 bridgehead atoms. The minimum absolute atomic E-state index is 0.00695. The van der Waals surface area contributed by atoms with Crippen LogP contribution < -0.4 is 5.32 Å². The van der Waals surface area contributed by atoms with Gasteiger partial charge >= 0.3 is 0 Å². The third-order valence-electron chi connectivity index (χ3n) is 3.79. The Bertz CT molecular complexity index is 625. The van der Waals surface area contributed by atoms with Crippen molar-refractivity contribution in [3.8, 4) is 0 Å². The topological polar surface area (TPSA) is 42.2 Å². The summed E-state index contributed by atoms with van der Waals surface area (Å²) in [6.07, 6.45) is 1.87. The Morgan fingerprint density at radius 1 is 1.50 bits per heavy atom. The number of carbonyl (C=O) groups is 1. The molecule has 3 nitrogen and oxygen atoms in total. The first-order valence-corrected chi connectivity index (χ1v) is 7.76. The number of rotatable bonds is 2. The SMILES string of the molecule is Cc1cc2c(o1)CC(C)(C)CC2NC(=O)c1cccs1. The molecule has 0 spiro atoms. The fourth-order valence-electron chi connectivity index (χ4n) is 2.95. The highest BCUT2D eigenvalue weighted by Crippen LogP contribution is 2.42. The van der Waals surface area contributed by atoms with Gasteiger partial charge in [-0.2, -0.15) is 0 Å². The number of aryl methyl sites for hydroxylation is 1. The average Bonchev–Trinajstić information content (AvgIpc) is 2.95. The average molecular weight is 289 g/mol. The molecule has 1 aliphatic rings. The maximum absolute atomic E-state index is 12.3. The van der Waals surface area contributed by atoms with Gasteiger partial charge in [0.05, 0.1) is 10.9 Å². The minimum Gasteiger partial charge on any atom is -0.466 e. The van der Waals surface area contributed by atoms with Gasteiger partial charge in [-0.3, -0.25) is 4.79 Å². The van der Waals surface area contributed by atoms with E-state index in [9.17, 15) is 4.79 Å². The molecule has 106 valence electrons. The summed E-state index contributed by atoms with van der Waals surface area (Å²) >= 11 is 1.47. The summed E-state index contributed by atoms with van der Waals surface area (Å²) in [5, 5.41) is 5.08. The van der Waals surface area contributed by atoms with Crippen molar-refractivity contribution < 1.29 is 9.21 Å². The smallest absolute Gasteiger partial charge is 0.261 e. The lowest BCUT2D eigenvalue weighted by Gasteiger charge is -2.34. The Labute approximate surface area is 123 Å². The summed E-state index contributed by atoms with van der Waals surface area (Å²) in [4.78, 5) is 13.0. The normalized spacial score (nSPS) is 20.4. The number of hydrogen-bond acceptors (Lipinski definition) is 3. The lowest BCUT2D eigenvalue weighted by Crippen LogP contribution is -2.35. The second-order valence-corrected chi connectivity index (χ2v) is 7.23. The van der Waals surface area contributed by atoms with E-state index in [1.807, 2.05) is 24.4 Å². The van der Waals surface area contributed by atoms with Crippen molar-refractivity contribution in [3.63, 3.8) is 0 Å². The van der Waals surface area contributed by atoms with Crippen molar-refractivity contribution in [2.75, 3.05) is 0 Å². The van der Waals surface area contributed by atoms with Crippen molar-refractivity contribution >= 4 is 17.2 Å². The molecule has 2 aromatic heterocycles. The molecule has 0 radical (unpaired) electrons. The van der Waals surface area contributed by atoms with Crippen molar-refractivity contribution in [1.82, 2.24) is 5.32 Å². The van der Waals surface area contributed by atoms with Gasteiger partial charge in [0.15, 0.2) is 0 Å². The van der Waals surface area contributed by atoms with Crippen LogP contribution in [-0.4, -0.2) is 5.91 Å². The highest BCUT2D eigenvalue weighted by molar-refractivity contribution is 7.12. The molecule has 1 unspecified atom stereocenters. The van der Waals surface area contributed by atoms with Crippen LogP contribution in [0.2, 0.25) is 0 Å². The Hall–Kier alpha value is -1.55. The second kappa shape index (κ2) is 4.77. The summed E-state index contributed by atoms with van der Waals surface area (Å²) in [6.45, 7) is 6.40. The Morgan fingerprint density at radius 3 is 3.00 bits per heavy atom. The highest BCUT2D eigenvalue weighted by atomic mass is 32.1. The predicted molar refractivity (Wildman–Crippen MR) is 80.1 cm³/mol. The van der Waals surface area contributed by atoms with Crippen LogP contribution in [0.5, 0.6) is 0 Å². The van der Waals surface area contributed by atoms with E-state index < -0.39 is 0 Å². The molecule has 2 aromatic rings. The Balaban J connectivity index is 1.87. The highest BCUT2D eigenvalue weighted by Gasteiger charge is 2.35. The largest absolute Gasteiger partial charge is 0.466 e. The lowest BCUT2D eigenvalue weighted by atomic mass is 9.74. The van der Waals surface area contributed by atoms with E-state index in [1.165, 1.54) is 11.3 Å². The standard InChI is InChI=1S/C16H19NO2S/c1-10-7-11-12(8-16(2,3)9-13(11)19-10)17-15(18)14-5-4-6-20-14/h4-7,12H,8-9H2,1-3H3,(H,17,18). The molecule has 20 heavy (non-hydrogen) atoms. The van der Waals surface area contributed by atoms with Crippen molar-refractivity contribution in [2.45, 2.75) is 39.7 Å². The molecule has 0 saturated carbocycles. The molecule has 0 aromatic carbocycles. The number of fused-ring (bicyclic) bond motifs is 1. The van der Waals surface area contributed by atoms with Crippen molar-refractivity contribution in [3.05, 3.63) is 45.5 Å². The summed E-state index contributed by atoms with van der Waals surface area (Å²) in [5.74, 6) is 1.95. The first-order valence-electron chi connectivity index (χ1n) is 6.88. The molecular weight excluding hydrogens is 270 g/mol. The molecule has 2 heterocycles. The first kappa shape index (κ1) is 13.4. The maximum atomic E-state index is 12.3. The minimum atomic E-state index is 0.00695. The van der Waals surface area contributed by atoms with Gasteiger partial charge < -0.3 is 9.73 Å². The monoisotopic (exact) mass is 289 g/mol. The number of amides is 1. The van der Waals surface area contributed by atoms with Gasteiger partial charge in [0, 0.05) is 12.0 Å². The van der Waals surface area contributed by atoms with Crippen LogP contribution in [0.15, 0.2) is 28.0 Å². The van der Waals surface area contributed by atoms with Gasteiger partial charge in [-0.25, -0.2) is 0 Å². The van der Waals surface area contributed by atoms with Crippen LogP contribution in [0.1, 0.15) is 53.1 Å². The molecule has 1 atom stereocenters. The fraction of sp³-hybridized carbons (Fsp3) is 0.438.